The van der Waals surface area contributed by atoms with Crippen LogP contribution in [0.5, 0.6) is 0 Å². The lowest BCUT2D eigenvalue weighted by molar-refractivity contribution is -0.120. The highest BCUT2D eigenvalue weighted by Crippen LogP contribution is 2.24. The molecule has 0 aliphatic rings. The van der Waals surface area contributed by atoms with Crippen LogP contribution in [-0.2, 0) is 11.3 Å². The van der Waals surface area contributed by atoms with Gasteiger partial charge in [-0.25, -0.2) is 9.07 Å². The van der Waals surface area contributed by atoms with Crippen LogP contribution in [0.15, 0.2) is 79.0 Å². The van der Waals surface area contributed by atoms with Gasteiger partial charge >= 0.3 is 0 Å². The Morgan fingerprint density at radius 1 is 0.912 bits per heavy atom. The molecule has 7 heteroatoms. The average molecular weight is 457 g/mol. The fourth-order valence-corrected chi connectivity index (χ4v) is 3.50. The number of para-hydroxylation sites is 1. The molecule has 4 aromatic rings. The van der Waals surface area contributed by atoms with Gasteiger partial charge in [-0.1, -0.05) is 24.3 Å². The van der Waals surface area contributed by atoms with Crippen molar-refractivity contribution in [2.24, 2.45) is 0 Å². The van der Waals surface area contributed by atoms with Crippen molar-refractivity contribution in [3.05, 3.63) is 107 Å². The Labute approximate surface area is 197 Å². The molecule has 3 aromatic carbocycles. The largest absolute Gasteiger partial charge is 0.350 e. The van der Waals surface area contributed by atoms with Crippen molar-refractivity contribution in [2.45, 2.75) is 20.4 Å². The first-order chi connectivity index (χ1) is 16.4. The van der Waals surface area contributed by atoms with E-state index < -0.39 is 0 Å². The number of carbonyl (C=O) groups excluding carboxylic acids is 2. The summed E-state index contributed by atoms with van der Waals surface area (Å²) in [6, 6.07) is 21.1. The maximum absolute atomic E-state index is 13.4. The van der Waals surface area contributed by atoms with Gasteiger partial charge < -0.3 is 10.6 Å². The van der Waals surface area contributed by atoms with E-state index in [-0.39, 0.29) is 30.7 Å². The summed E-state index contributed by atoms with van der Waals surface area (Å²) in [5.74, 6) is -0.961. The summed E-state index contributed by atoms with van der Waals surface area (Å²) in [5.41, 5.74) is 5.64. The molecule has 0 saturated heterocycles. The number of halogens is 1. The molecule has 2 amide bonds. The van der Waals surface area contributed by atoms with Crippen molar-refractivity contribution in [1.82, 2.24) is 20.4 Å². The molecule has 0 bridgehead atoms. The Morgan fingerprint density at radius 2 is 1.65 bits per heavy atom. The monoisotopic (exact) mass is 456 g/mol. The molecular formula is C27H25FN4O2. The summed E-state index contributed by atoms with van der Waals surface area (Å²) < 4.78 is 15.1. The van der Waals surface area contributed by atoms with Crippen LogP contribution < -0.4 is 10.6 Å². The minimum Gasteiger partial charge on any atom is -0.350 e. The molecule has 2 N–H and O–H groups in total. The van der Waals surface area contributed by atoms with E-state index in [1.165, 1.54) is 12.1 Å². The molecule has 172 valence electrons. The lowest BCUT2D eigenvalue weighted by Crippen LogP contribution is -2.36. The highest BCUT2D eigenvalue weighted by atomic mass is 19.1. The standard InChI is InChI=1S/C27H25FN4O2/c1-18-8-9-21(14-19(18)2)27(34)30-16-25(33)29-15-22-17-32(24-6-4-3-5-7-24)31-26(22)20-10-12-23(28)13-11-20/h3-14,17H,15-16H2,1-2H3,(H,29,33)(H,30,34). The van der Waals surface area contributed by atoms with Crippen molar-refractivity contribution < 1.29 is 14.0 Å². The van der Waals surface area contributed by atoms with Crippen LogP contribution in [0.4, 0.5) is 4.39 Å². The number of aryl methyl sites for hydroxylation is 2. The van der Waals surface area contributed by atoms with E-state index >= 15 is 0 Å². The Hall–Kier alpha value is -4.26. The van der Waals surface area contributed by atoms with Crippen LogP contribution in [0.25, 0.3) is 16.9 Å². The highest BCUT2D eigenvalue weighted by molar-refractivity contribution is 5.96. The molecule has 0 atom stereocenters. The van der Waals surface area contributed by atoms with E-state index in [9.17, 15) is 14.0 Å². The number of benzene rings is 3. The zero-order chi connectivity index (χ0) is 24.1. The van der Waals surface area contributed by atoms with Crippen LogP contribution in [0, 0.1) is 19.7 Å². The number of hydrogen-bond acceptors (Lipinski definition) is 3. The minimum atomic E-state index is -0.333. The first kappa shape index (κ1) is 22.9. The topological polar surface area (TPSA) is 76.0 Å². The Kier molecular flexibility index (Phi) is 6.82. The number of hydrogen-bond donors (Lipinski definition) is 2. The maximum atomic E-state index is 13.4. The molecule has 0 spiro atoms. The first-order valence-electron chi connectivity index (χ1n) is 10.9. The molecule has 6 nitrogen and oxygen atoms in total. The molecule has 1 aromatic heterocycles. The van der Waals surface area contributed by atoms with Crippen LogP contribution in [0.1, 0.15) is 27.0 Å². The van der Waals surface area contributed by atoms with Crippen molar-refractivity contribution in [3.8, 4) is 16.9 Å². The summed E-state index contributed by atoms with van der Waals surface area (Å²) in [5, 5.41) is 10.1. The molecule has 0 saturated carbocycles. The number of rotatable bonds is 7. The van der Waals surface area contributed by atoms with Gasteiger partial charge in [-0.3, -0.25) is 9.59 Å². The molecule has 0 fully saturated rings. The predicted octanol–water partition coefficient (Wildman–Crippen LogP) is 4.34. The average Bonchev–Trinajstić information content (AvgIpc) is 3.28. The zero-order valence-electron chi connectivity index (χ0n) is 19.0. The van der Waals surface area contributed by atoms with Crippen molar-refractivity contribution in [3.63, 3.8) is 0 Å². The summed E-state index contributed by atoms with van der Waals surface area (Å²) >= 11 is 0. The molecule has 0 aliphatic carbocycles. The summed E-state index contributed by atoms with van der Waals surface area (Å²) in [6.45, 7) is 3.97. The second-order valence-corrected chi connectivity index (χ2v) is 8.05. The van der Waals surface area contributed by atoms with E-state index in [0.717, 1.165) is 27.9 Å². The van der Waals surface area contributed by atoms with E-state index in [2.05, 4.69) is 15.7 Å². The Morgan fingerprint density at radius 3 is 2.35 bits per heavy atom. The van der Waals surface area contributed by atoms with Gasteiger partial charge in [0.2, 0.25) is 5.91 Å². The molecule has 34 heavy (non-hydrogen) atoms. The third kappa shape index (κ3) is 5.38. The van der Waals surface area contributed by atoms with Gasteiger partial charge in [-0.05, 0) is 73.5 Å². The fraction of sp³-hybridized carbons (Fsp3) is 0.148. The van der Waals surface area contributed by atoms with Crippen LogP contribution in [0.3, 0.4) is 0 Å². The number of nitrogens with one attached hydrogen (secondary N) is 2. The van der Waals surface area contributed by atoms with Gasteiger partial charge in [0, 0.05) is 29.4 Å². The van der Waals surface area contributed by atoms with E-state index in [4.69, 9.17) is 0 Å². The van der Waals surface area contributed by atoms with Gasteiger partial charge in [0.15, 0.2) is 0 Å². The number of nitrogens with zero attached hydrogens (tertiary/aromatic N) is 2. The lowest BCUT2D eigenvalue weighted by atomic mass is 10.1. The first-order valence-corrected chi connectivity index (χ1v) is 10.9. The summed E-state index contributed by atoms with van der Waals surface area (Å²) in [4.78, 5) is 24.8. The molecule has 4 rings (SSSR count). The van der Waals surface area contributed by atoms with Gasteiger partial charge in [-0.15, -0.1) is 0 Å². The van der Waals surface area contributed by atoms with Crippen LogP contribution >= 0.6 is 0 Å². The third-order valence-electron chi connectivity index (χ3n) is 5.58. The molecule has 1 heterocycles. The Bertz CT molecular complexity index is 1310. The summed E-state index contributed by atoms with van der Waals surface area (Å²) in [7, 11) is 0. The van der Waals surface area contributed by atoms with Crippen molar-refractivity contribution in [2.75, 3.05) is 6.54 Å². The minimum absolute atomic E-state index is 0.148. The molecule has 0 aliphatic heterocycles. The van der Waals surface area contributed by atoms with Crippen molar-refractivity contribution >= 4 is 11.8 Å². The zero-order valence-corrected chi connectivity index (χ0v) is 19.0. The number of carbonyl (C=O) groups is 2. The van der Waals surface area contributed by atoms with E-state index in [1.54, 1.807) is 28.9 Å². The van der Waals surface area contributed by atoms with E-state index in [0.29, 0.717) is 11.3 Å². The normalized spacial score (nSPS) is 10.7. The number of aromatic nitrogens is 2. The van der Waals surface area contributed by atoms with Crippen LogP contribution in [0.2, 0.25) is 0 Å². The quantitative estimate of drug-likeness (QED) is 0.434. The second kappa shape index (κ2) is 10.1. The third-order valence-corrected chi connectivity index (χ3v) is 5.58. The van der Waals surface area contributed by atoms with Gasteiger partial charge in [0.1, 0.15) is 5.82 Å². The van der Waals surface area contributed by atoms with Gasteiger partial charge in [0.25, 0.3) is 5.91 Å². The van der Waals surface area contributed by atoms with Gasteiger partial charge in [0.05, 0.1) is 17.9 Å². The fourth-order valence-electron chi connectivity index (χ4n) is 3.50. The SMILES string of the molecule is Cc1ccc(C(=O)NCC(=O)NCc2cn(-c3ccccc3)nc2-c2ccc(F)cc2)cc1C. The molecule has 0 radical (unpaired) electrons. The maximum Gasteiger partial charge on any atom is 0.251 e. The lowest BCUT2D eigenvalue weighted by Gasteiger charge is -2.08. The number of amides is 2. The Balaban J connectivity index is 1.45. The highest BCUT2D eigenvalue weighted by Gasteiger charge is 2.14. The van der Waals surface area contributed by atoms with E-state index in [1.807, 2.05) is 56.4 Å². The predicted molar refractivity (Wildman–Crippen MR) is 129 cm³/mol. The van der Waals surface area contributed by atoms with Crippen molar-refractivity contribution in [1.29, 1.82) is 0 Å². The van der Waals surface area contributed by atoms with Crippen LogP contribution in [-0.4, -0.2) is 28.1 Å². The van der Waals surface area contributed by atoms with Gasteiger partial charge in [-0.2, -0.15) is 5.10 Å². The molecule has 0 unspecified atom stereocenters. The second-order valence-electron chi connectivity index (χ2n) is 8.05. The molecular weight excluding hydrogens is 431 g/mol. The smallest absolute Gasteiger partial charge is 0.251 e. The summed E-state index contributed by atoms with van der Waals surface area (Å²) in [6.07, 6.45) is 1.84.